The molecule has 2 aromatic rings. The molecule has 0 unspecified atom stereocenters. The summed E-state index contributed by atoms with van der Waals surface area (Å²) in [7, 11) is 1.35. The van der Waals surface area contributed by atoms with Gasteiger partial charge in [-0.05, 0) is 13.0 Å². The fraction of sp³-hybridized carbons (Fsp3) is 0.412. The van der Waals surface area contributed by atoms with Crippen LogP contribution in [0.15, 0.2) is 24.3 Å². The summed E-state index contributed by atoms with van der Waals surface area (Å²) in [6.45, 7) is 2.48. The molecule has 0 atom stereocenters. The Morgan fingerprint density at radius 1 is 1.22 bits per heavy atom. The highest BCUT2D eigenvalue weighted by molar-refractivity contribution is 5.95. The van der Waals surface area contributed by atoms with E-state index in [1.165, 1.54) is 7.11 Å². The molecule has 0 fully saturated rings. The van der Waals surface area contributed by atoms with E-state index in [2.05, 4.69) is 4.98 Å². The van der Waals surface area contributed by atoms with E-state index in [9.17, 15) is 15.0 Å². The second-order valence-electron chi connectivity index (χ2n) is 5.23. The third-order valence-electron chi connectivity index (χ3n) is 3.77. The summed E-state index contributed by atoms with van der Waals surface area (Å²) in [5, 5.41) is 19.6. The highest BCUT2D eigenvalue weighted by atomic mass is 16.5. The summed E-state index contributed by atoms with van der Waals surface area (Å²) in [6, 6.07) is 7.64. The third kappa shape index (κ3) is 3.78. The van der Waals surface area contributed by atoms with Crippen LogP contribution in [0.25, 0.3) is 10.9 Å². The number of carbonyl (C=O) groups is 1. The fourth-order valence-electron chi connectivity index (χ4n) is 2.72. The number of carbonyl (C=O) groups excluding carboxylic acids is 1. The van der Waals surface area contributed by atoms with Crippen molar-refractivity contribution in [2.45, 2.75) is 13.3 Å². The molecule has 1 heterocycles. The first-order valence-electron chi connectivity index (χ1n) is 7.54. The van der Waals surface area contributed by atoms with Crippen LogP contribution in [0, 0.1) is 6.92 Å². The molecule has 0 radical (unpaired) electrons. The number of aromatic nitrogens is 1. The van der Waals surface area contributed by atoms with Crippen LogP contribution in [0.3, 0.4) is 0 Å². The molecule has 6 nitrogen and oxygen atoms in total. The fourth-order valence-corrected chi connectivity index (χ4v) is 2.72. The van der Waals surface area contributed by atoms with E-state index in [0.29, 0.717) is 13.1 Å². The number of anilines is 1. The Balaban J connectivity index is 2.68. The van der Waals surface area contributed by atoms with Crippen LogP contribution in [0.4, 0.5) is 5.69 Å². The van der Waals surface area contributed by atoms with E-state index >= 15 is 0 Å². The molecule has 0 amide bonds. The van der Waals surface area contributed by atoms with Crippen LogP contribution in [-0.2, 0) is 16.0 Å². The molecule has 2 N–H and O–H groups in total. The van der Waals surface area contributed by atoms with Crippen LogP contribution < -0.4 is 4.90 Å². The average Bonchev–Trinajstić information content (AvgIpc) is 2.55. The Labute approximate surface area is 135 Å². The standard InChI is InChI=1S/C17H22N2O4/c1-12-14(11-16(22)23-2)17(19(7-9-20)8-10-21)13-5-3-4-6-15(13)18-12/h3-6,20-21H,7-11H2,1-2H3. The Bertz CT molecular complexity index is 682. The van der Waals surface area contributed by atoms with E-state index in [4.69, 9.17) is 4.74 Å². The number of aliphatic hydroxyl groups excluding tert-OH is 2. The van der Waals surface area contributed by atoms with Gasteiger partial charge in [0.2, 0.25) is 0 Å². The molecule has 0 aliphatic rings. The number of methoxy groups -OCH3 is 1. The second-order valence-corrected chi connectivity index (χ2v) is 5.23. The zero-order chi connectivity index (χ0) is 16.8. The maximum Gasteiger partial charge on any atom is 0.310 e. The predicted molar refractivity (Wildman–Crippen MR) is 88.6 cm³/mol. The van der Waals surface area contributed by atoms with Crippen molar-refractivity contribution in [1.82, 2.24) is 4.98 Å². The largest absolute Gasteiger partial charge is 0.469 e. The van der Waals surface area contributed by atoms with Crippen LogP contribution in [-0.4, -0.2) is 54.6 Å². The number of rotatable bonds is 7. The number of aliphatic hydroxyl groups is 2. The molecule has 124 valence electrons. The lowest BCUT2D eigenvalue weighted by Gasteiger charge is -2.28. The number of ether oxygens (including phenoxy) is 1. The summed E-state index contributed by atoms with van der Waals surface area (Å²) < 4.78 is 4.79. The summed E-state index contributed by atoms with van der Waals surface area (Å²) >= 11 is 0. The van der Waals surface area contributed by atoms with Crippen molar-refractivity contribution in [3.63, 3.8) is 0 Å². The Morgan fingerprint density at radius 2 is 1.87 bits per heavy atom. The number of para-hydroxylation sites is 1. The number of esters is 1. The Hall–Kier alpha value is -2.18. The minimum Gasteiger partial charge on any atom is -0.469 e. The van der Waals surface area contributed by atoms with Crippen LogP contribution in [0.2, 0.25) is 0 Å². The molecule has 2 rings (SSSR count). The topological polar surface area (TPSA) is 82.9 Å². The van der Waals surface area contributed by atoms with Gasteiger partial charge in [0.15, 0.2) is 0 Å². The SMILES string of the molecule is COC(=O)Cc1c(C)nc2ccccc2c1N(CCO)CCO. The number of hydrogen-bond acceptors (Lipinski definition) is 6. The van der Waals surface area contributed by atoms with Crippen molar-refractivity contribution >= 4 is 22.6 Å². The van der Waals surface area contributed by atoms with Crippen LogP contribution >= 0.6 is 0 Å². The minimum atomic E-state index is -0.348. The Kier molecular flexibility index (Phi) is 5.90. The monoisotopic (exact) mass is 318 g/mol. The van der Waals surface area contributed by atoms with Gasteiger partial charge in [0, 0.05) is 29.7 Å². The lowest BCUT2D eigenvalue weighted by molar-refractivity contribution is -0.139. The number of nitrogens with zero attached hydrogens (tertiary/aromatic N) is 2. The van der Waals surface area contributed by atoms with Crippen molar-refractivity contribution in [3.8, 4) is 0 Å². The number of hydrogen-bond donors (Lipinski definition) is 2. The van der Waals surface area contributed by atoms with Gasteiger partial charge >= 0.3 is 5.97 Å². The zero-order valence-electron chi connectivity index (χ0n) is 13.5. The number of aryl methyl sites for hydroxylation is 1. The van der Waals surface area contributed by atoms with Crippen LogP contribution in [0.1, 0.15) is 11.3 Å². The quantitative estimate of drug-likeness (QED) is 0.743. The number of pyridine rings is 1. The van der Waals surface area contributed by atoms with Gasteiger partial charge in [-0.15, -0.1) is 0 Å². The van der Waals surface area contributed by atoms with Crippen LogP contribution in [0.5, 0.6) is 0 Å². The van der Waals surface area contributed by atoms with Gasteiger partial charge < -0.3 is 19.8 Å². The van der Waals surface area contributed by atoms with Crippen molar-refractivity contribution in [3.05, 3.63) is 35.5 Å². The molecule has 0 spiro atoms. The molecular formula is C17H22N2O4. The second kappa shape index (κ2) is 7.89. The van der Waals surface area contributed by atoms with Gasteiger partial charge in [0.1, 0.15) is 0 Å². The number of fused-ring (bicyclic) bond motifs is 1. The van der Waals surface area contributed by atoms with E-state index < -0.39 is 0 Å². The normalized spacial score (nSPS) is 10.8. The summed E-state index contributed by atoms with van der Waals surface area (Å²) in [6.07, 6.45) is 0.100. The van der Waals surface area contributed by atoms with E-state index in [-0.39, 0.29) is 25.6 Å². The lowest BCUT2D eigenvalue weighted by Crippen LogP contribution is -2.31. The van der Waals surface area contributed by atoms with Gasteiger partial charge in [-0.2, -0.15) is 0 Å². The molecule has 0 aliphatic carbocycles. The van der Waals surface area contributed by atoms with Crippen molar-refractivity contribution in [2.24, 2.45) is 0 Å². The molecule has 6 heteroatoms. The maximum atomic E-state index is 11.8. The summed E-state index contributed by atoms with van der Waals surface area (Å²) in [4.78, 5) is 18.2. The highest BCUT2D eigenvalue weighted by Crippen LogP contribution is 2.32. The zero-order valence-corrected chi connectivity index (χ0v) is 13.5. The van der Waals surface area contributed by atoms with Gasteiger partial charge in [-0.3, -0.25) is 9.78 Å². The Morgan fingerprint density at radius 3 is 2.48 bits per heavy atom. The minimum absolute atomic E-state index is 0.0483. The molecular weight excluding hydrogens is 296 g/mol. The molecule has 23 heavy (non-hydrogen) atoms. The van der Waals surface area contributed by atoms with E-state index in [1.807, 2.05) is 36.1 Å². The predicted octanol–water partition coefficient (Wildman–Crippen LogP) is 1.05. The average molecular weight is 318 g/mol. The first kappa shape index (κ1) is 17.2. The molecule has 0 bridgehead atoms. The number of benzene rings is 1. The van der Waals surface area contributed by atoms with E-state index in [0.717, 1.165) is 27.8 Å². The van der Waals surface area contributed by atoms with Gasteiger partial charge in [-0.1, -0.05) is 18.2 Å². The molecule has 1 aromatic carbocycles. The van der Waals surface area contributed by atoms with Crippen molar-refractivity contribution in [2.75, 3.05) is 38.3 Å². The molecule has 0 saturated heterocycles. The smallest absolute Gasteiger partial charge is 0.310 e. The van der Waals surface area contributed by atoms with Crippen molar-refractivity contribution in [1.29, 1.82) is 0 Å². The molecule has 0 saturated carbocycles. The highest BCUT2D eigenvalue weighted by Gasteiger charge is 2.20. The van der Waals surface area contributed by atoms with Gasteiger partial charge in [0.25, 0.3) is 0 Å². The van der Waals surface area contributed by atoms with Crippen molar-refractivity contribution < 1.29 is 19.7 Å². The van der Waals surface area contributed by atoms with Gasteiger partial charge in [0.05, 0.1) is 37.9 Å². The first-order chi connectivity index (χ1) is 11.1. The lowest BCUT2D eigenvalue weighted by atomic mass is 10.0. The maximum absolute atomic E-state index is 11.8. The first-order valence-corrected chi connectivity index (χ1v) is 7.54. The van der Waals surface area contributed by atoms with E-state index in [1.54, 1.807) is 0 Å². The summed E-state index contributed by atoms with van der Waals surface area (Å²) in [5.41, 5.74) is 3.14. The van der Waals surface area contributed by atoms with Gasteiger partial charge in [-0.25, -0.2) is 0 Å². The molecule has 1 aromatic heterocycles. The summed E-state index contributed by atoms with van der Waals surface area (Å²) in [5.74, 6) is -0.348. The third-order valence-corrected chi connectivity index (χ3v) is 3.77. The molecule has 0 aliphatic heterocycles.